The van der Waals surface area contributed by atoms with E-state index in [1.54, 1.807) is 6.07 Å². The van der Waals surface area contributed by atoms with Gasteiger partial charge in [-0.15, -0.1) is 0 Å². The van der Waals surface area contributed by atoms with E-state index in [4.69, 9.17) is 0 Å². The van der Waals surface area contributed by atoms with Crippen LogP contribution in [0.5, 0.6) is 5.75 Å². The molecule has 17 heavy (non-hydrogen) atoms. The van der Waals surface area contributed by atoms with Gasteiger partial charge in [-0.2, -0.15) is 0 Å². The quantitative estimate of drug-likeness (QED) is 0.834. The van der Waals surface area contributed by atoms with E-state index in [1.165, 1.54) is 37.7 Å². The number of hydrogen-bond donors (Lipinski definition) is 2. The van der Waals surface area contributed by atoms with Gasteiger partial charge >= 0.3 is 0 Å². The highest BCUT2D eigenvalue weighted by molar-refractivity contribution is 5.37. The van der Waals surface area contributed by atoms with Crippen LogP contribution in [0.3, 0.4) is 0 Å². The predicted octanol–water partition coefficient (Wildman–Crippen LogP) is 3.68. The van der Waals surface area contributed by atoms with Crippen molar-refractivity contribution in [3.8, 4) is 5.75 Å². The fourth-order valence-electron chi connectivity index (χ4n) is 2.73. The van der Waals surface area contributed by atoms with Crippen LogP contribution in [-0.4, -0.2) is 11.1 Å². The highest BCUT2D eigenvalue weighted by atomic mass is 16.3. The van der Waals surface area contributed by atoms with E-state index in [0.717, 1.165) is 5.56 Å². The van der Waals surface area contributed by atoms with Crippen LogP contribution in [0.4, 0.5) is 0 Å². The zero-order valence-electron chi connectivity index (χ0n) is 10.9. The largest absolute Gasteiger partial charge is 0.508 e. The fraction of sp³-hybridized carbons (Fsp3) is 0.600. The van der Waals surface area contributed by atoms with Gasteiger partial charge in [-0.1, -0.05) is 37.0 Å². The van der Waals surface area contributed by atoms with E-state index in [2.05, 4.69) is 25.2 Å². The molecular weight excluding hydrogens is 210 g/mol. The number of aryl methyl sites for hydroxylation is 1. The molecule has 94 valence electrons. The molecular formula is C15H23NO. The minimum atomic E-state index is 0.234. The molecule has 1 aromatic rings. The standard InChI is InChI=1S/C15H23NO/c1-11-8-9-15(17)14(10-11)12(2)16-13-6-4-3-5-7-13/h8-10,12-13,16-17H,3-7H2,1-2H3. The van der Waals surface area contributed by atoms with Crippen molar-refractivity contribution in [2.24, 2.45) is 0 Å². The fourth-order valence-corrected chi connectivity index (χ4v) is 2.73. The number of phenols is 1. The van der Waals surface area contributed by atoms with Crippen molar-refractivity contribution >= 4 is 0 Å². The second-order valence-corrected chi connectivity index (χ2v) is 5.29. The lowest BCUT2D eigenvalue weighted by Gasteiger charge is -2.27. The summed E-state index contributed by atoms with van der Waals surface area (Å²) >= 11 is 0. The number of rotatable bonds is 3. The molecule has 1 atom stereocenters. The van der Waals surface area contributed by atoms with Gasteiger partial charge in [0.05, 0.1) is 0 Å². The summed E-state index contributed by atoms with van der Waals surface area (Å²) in [5, 5.41) is 13.5. The molecule has 1 fully saturated rings. The molecule has 2 N–H and O–H groups in total. The molecule has 0 amide bonds. The van der Waals surface area contributed by atoms with Crippen molar-refractivity contribution in [3.05, 3.63) is 29.3 Å². The van der Waals surface area contributed by atoms with E-state index >= 15 is 0 Å². The van der Waals surface area contributed by atoms with Gasteiger partial charge < -0.3 is 10.4 Å². The predicted molar refractivity (Wildman–Crippen MR) is 71.3 cm³/mol. The Morgan fingerprint density at radius 3 is 2.65 bits per heavy atom. The third kappa shape index (κ3) is 3.22. The maximum Gasteiger partial charge on any atom is 0.120 e. The molecule has 0 spiro atoms. The normalized spacial score (nSPS) is 19.2. The topological polar surface area (TPSA) is 32.3 Å². The van der Waals surface area contributed by atoms with Gasteiger partial charge in [0.15, 0.2) is 0 Å². The highest BCUT2D eigenvalue weighted by Gasteiger charge is 2.17. The van der Waals surface area contributed by atoms with E-state index in [1.807, 2.05) is 6.07 Å². The van der Waals surface area contributed by atoms with Crippen molar-refractivity contribution in [3.63, 3.8) is 0 Å². The maximum absolute atomic E-state index is 9.89. The molecule has 1 aliphatic carbocycles. The summed E-state index contributed by atoms with van der Waals surface area (Å²) in [6.07, 6.45) is 6.60. The Morgan fingerprint density at radius 1 is 1.24 bits per heavy atom. The van der Waals surface area contributed by atoms with Crippen LogP contribution in [0, 0.1) is 6.92 Å². The SMILES string of the molecule is Cc1ccc(O)c(C(C)NC2CCCCC2)c1. The van der Waals surface area contributed by atoms with Crippen molar-refractivity contribution in [1.29, 1.82) is 0 Å². The molecule has 1 saturated carbocycles. The molecule has 1 aliphatic rings. The average Bonchev–Trinajstić information content (AvgIpc) is 2.33. The van der Waals surface area contributed by atoms with Crippen LogP contribution in [0.25, 0.3) is 0 Å². The first kappa shape index (κ1) is 12.4. The number of nitrogens with one attached hydrogen (secondary N) is 1. The second-order valence-electron chi connectivity index (χ2n) is 5.29. The molecule has 0 aliphatic heterocycles. The first-order chi connectivity index (χ1) is 8.16. The monoisotopic (exact) mass is 233 g/mol. The van der Waals surface area contributed by atoms with E-state index in [0.29, 0.717) is 11.8 Å². The van der Waals surface area contributed by atoms with E-state index in [-0.39, 0.29) is 6.04 Å². The van der Waals surface area contributed by atoms with Crippen LogP contribution in [0.1, 0.15) is 56.2 Å². The van der Waals surface area contributed by atoms with Crippen molar-refractivity contribution in [2.45, 2.75) is 58.0 Å². The van der Waals surface area contributed by atoms with Crippen molar-refractivity contribution in [2.75, 3.05) is 0 Å². The molecule has 0 saturated heterocycles. The Labute approximate surface area is 104 Å². The molecule has 0 bridgehead atoms. The van der Waals surface area contributed by atoms with Gasteiger partial charge in [-0.05, 0) is 32.8 Å². The third-order valence-corrected chi connectivity index (χ3v) is 3.74. The first-order valence-electron chi connectivity index (χ1n) is 6.72. The molecule has 0 aromatic heterocycles. The van der Waals surface area contributed by atoms with Gasteiger partial charge in [-0.25, -0.2) is 0 Å². The minimum absolute atomic E-state index is 0.234. The Kier molecular flexibility index (Phi) is 4.06. The zero-order valence-corrected chi connectivity index (χ0v) is 10.9. The van der Waals surface area contributed by atoms with Crippen LogP contribution >= 0.6 is 0 Å². The highest BCUT2D eigenvalue weighted by Crippen LogP contribution is 2.27. The molecule has 2 rings (SSSR count). The molecule has 2 nitrogen and oxygen atoms in total. The summed E-state index contributed by atoms with van der Waals surface area (Å²) in [6, 6.07) is 6.68. The average molecular weight is 233 g/mol. The molecule has 1 aromatic carbocycles. The van der Waals surface area contributed by atoms with Gasteiger partial charge in [0.25, 0.3) is 0 Å². The summed E-state index contributed by atoms with van der Waals surface area (Å²) in [4.78, 5) is 0. The Hall–Kier alpha value is -1.02. The molecule has 1 unspecified atom stereocenters. The van der Waals surface area contributed by atoms with Crippen LogP contribution in [0.2, 0.25) is 0 Å². The lowest BCUT2D eigenvalue weighted by molar-refractivity contribution is 0.342. The lowest BCUT2D eigenvalue weighted by atomic mass is 9.94. The van der Waals surface area contributed by atoms with Crippen LogP contribution < -0.4 is 5.32 Å². The zero-order chi connectivity index (χ0) is 12.3. The van der Waals surface area contributed by atoms with E-state index < -0.39 is 0 Å². The third-order valence-electron chi connectivity index (χ3n) is 3.74. The summed E-state index contributed by atoms with van der Waals surface area (Å²) in [5.74, 6) is 0.409. The summed E-state index contributed by atoms with van der Waals surface area (Å²) in [5.41, 5.74) is 2.23. The van der Waals surface area contributed by atoms with Crippen LogP contribution in [0.15, 0.2) is 18.2 Å². The van der Waals surface area contributed by atoms with Gasteiger partial charge in [0, 0.05) is 17.6 Å². The number of phenolic OH excluding ortho intramolecular Hbond substituents is 1. The van der Waals surface area contributed by atoms with Gasteiger partial charge in [0.2, 0.25) is 0 Å². The number of benzene rings is 1. The van der Waals surface area contributed by atoms with E-state index in [9.17, 15) is 5.11 Å². The molecule has 0 heterocycles. The molecule has 0 radical (unpaired) electrons. The van der Waals surface area contributed by atoms with Crippen LogP contribution in [-0.2, 0) is 0 Å². The lowest BCUT2D eigenvalue weighted by Crippen LogP contribution is -2.33. The Balaban J connectivity index is 2.02. The Morgan fingerprint density at radius 2 is 1.94 bits per heavy atom. The second kappa shape index (κ2) is 5.54. The minimum Gasteiger partial charge on any atom is -0.508 e. The van der Waals surface area contributed by atoms with Crippen molar-refractivity contribution < 1.29 is 5.11 Å². The smallest absolute Gasteiger partial charge is 0.120 e. The van der Waals surface area contributed by atoms with Crippen molar-refractivity contribution in [1.82, 2.24) is 5.32 Å². The first-order valence-corrected chi connectivity index (χ1v) is 6.72. The summed E-state index contributed by atoms with van der Waals surface area (Å²) in [6.45, 7) is 4.21. The van der Waals surface area contributed by atoms with Gasteiger partial charge in [-0.3, -0.25) is 0 Å². The summed E-state index contributed by atoms with van der Waals surface area (Å²) < 4.78 is 0. The maximum atomic E-state index is 9.89. The van der Waals surface area contributed by atoms with Gasteiger partial charge in [0.1, 0.15) is 5.75 Å². The summed E-state index contributed by atoms with van der Waals surface area (Å²) in [7, 11) is 0. The Bertz CT molecular complexity index is 369. The molecule has 2 heteroatoms. The number of hydrogen-bond acceptors (Lipinski definition) is 2. The number of aromatic hydroxyl groups is 1.